The summed E-state index contributed by atoms with van der Waals surface area (Å²) in [6.07, 6.45) is 0. The monoisotopic (exact) mass is 516 g/mol. The summed E-state index contributed by atoms with van der Waals surface area (Å²) in [5.41, 5.74) is 1.52. The molecule has 32 heavy (non-hydrogen) atoms. The molecule has 8 heteroatoms. The topological polar surface area (TPSA) is 75.7 Å². The van der Waals surface area contributed by atoms with E-state index in [1.165, 1.54) is 4.31 Å². The smallest absolute Gasteiger partial charge is 0.264 e. The third-order valence-corrected chi connectivity index (χ3v) is 7.31. The largest absolute Gasteiger partial charge is 0.484 e. The highest BCUT2D eigenvalue weighted by Gasteiger charge is 2.23. The van der Waals surface area contributed by atoms with Gasteiger partial charge in [0.05, 0.1) is 16.6 Å². The maximum absolute atomic E-state index is 12.9. The van der Waals surface area contributed by atoms with Crippen molar-refractivity contribution in [3.8, 4) is 5.75 Å². The van der Waals surface area contributed by atoms with Gasteiger partial charge in [-0.1, -0.05) is 46.3 Å². The molecule has 0 fully saturated rings. The summed E-state index contributed by atoms with van der Waals surface area (Å²) in [6.45, 7) is 3.83. The summed E-state index contributed by atoms with van der Waals surface area (Å²) in [6, 6.07) is 22.5. The van der Waals surface area contributed by atoms with E-state index in [-0.39, 0.29) is 30.0 Å². The highest BCUT2D eigenvalue weighted by molar-refractivity contribution is 9.10. The van der Waals surface area contributed by atoms with Gasteiger partial charge in [-0.3, -0.25) is 9.10 Å². The van der Waals surface area contributed by atoms with Crippen LogP contribution in [0, 0.1) is 0 Å². The van der Waals surface area contributed by atoms with E-state index in [0.717, 1.165) is 10.0 Å². The Hall–Kier alpha value is -2.84. The lowest BCUT2D eigenvalue weighted by Crippen LogP contribution is -2.31. The molecule has 1 amide bonds. The normalized spacial score (nSPS) is 12.1. The molecule has 0 bridgehead atoms. The molecular formula is C24H25BrN2O4S. The van der Waals surface area contributed by atoms with E-state index in [1.54, 1.807) is 61.5 Å². The number of hydrogen-bond donors (Lipinski definition) is 1. The number of benzene rings is 3. The summed E-state index contributed by atoms with van der Waals surface area (Å²) in [5, 5.41) is 2.90. The quantitative estimate of drug-likeness (QED) is 0.437. The van der Waals surface area contributed by atoms with Crippen LogP contribution in [0.2, 0.25) is 0 Å². The fraction of sp³-hybridized carbons (Fsp3) is 0.208. The maximum atomic E-state index is 12.9. The van der Waals surface area contributed by atoms with Crippen LogP contribution in [0.4, 0.5) is 5.69 Å². The van der Waals surface area contributed by atoms with Gasteiger partial charge in [-0.25, -0.2) is 8.42 Å². The van der Waals surface area contributed by atoms with Gasteiger partial charge in [0.15, 0.2) is 6.61 Å². The Kier molecular flexibility index (Phi) is 7.93. The second-order valence-electron chi connectivity index (χ2n) is 7.11. The summed E-state index contributed by atoms with van der Waals surface area (Å²) < 4.78 is 33.8. The molecule has 3 rings (SSSR count). The first-order chi connectivity index (χ1) is 15.3. The predicted molar refractivity (Wildman–Crippen MR) is 129 cm³/mol. The molecule has 6 nitrogen and oxygen atoms in total. The van der Waals surface area contributed by atoms with Gasteiger partial charge in [0.2, 0.25) is 0 Å². The van der Waals surface area contributed by atoms with Crippen molar-refractivity contribution in [2.24, 2.45) is 0 Å². The van der Waals surface area contributed by atoms with Crippen LogP contribution in [0.15, 0.2) is 88.2 Å². The average Bonchev–Trinajstić information content (AvgIpc) is 2.80. The van der Waals surface area contributed by atoms with Crippen molar-refractivity contribution < 1.29 is 17.9 Å². The molecule has 3 aromatic rings. The Morgan fingerprint density at radius 3 is 2.22 bits per heavy atom. The van der Waals surface area contributed by atoms with Gasteiger partial charge >= 0.3 is 0 Å². The number of carbonyl (C=O) groups is 1. The molecule has 0 spiro atoms. The van der Waals surface area contributed by atoms with Crippen molar-refractivity contribution in [1.29, 1.82) is 0 Å². The van der Waals surface area contributed by atoms with Crippen LogP contribution < -0.4 is 14.4 Å². The van der Waals surface area contributed by atoms with Gasteiger partial charge in [0, 0.05) is 11.0 Å². The Morgan fingerprint density at radius 2 is 1.62 bits per heavy atom. The van der Waals surface area contributed by atoms with Crippen molar-refractivity contribution in [2.45, 2.75) is 24.8 Å². The van der Waals surface area contributed by atoms with Crippen molar-refractivity contribution in [2.75, 3.05) is 17.5 Å². The maximum Gasteiger partial charge on any atom is 0.264 e. The van der Waals surface area contributed by atoms with Gasteiger partial charge < -0.3 is 10.1 Å². The predicted octanol–water partition coefficient (Wildman–Crippen LogP) is 4.92. The zero-order valence-corrected chi connectivity index (χ0v) is 20.3. The first kappa shape index (κ1) is 23.8. The first-order valence-electron chi connectivity index (χ1n) is 10.2. The number of rotatable bonds is 9. The van der Waals surface area contributed by atoms with Crippen LogP contribution in [-0.2, 0) is 14.8 Å². The fourth-order valence-electron chi connectivity index (χ4n) is 3.19. The number of ether oxygens (including phenoxy) is 1. The minimum absolute atomic E-state index is 0.139. The van der Waals surface area contributed by atoms with E-state index in [0.29, 0.717) is 11.4 Å². The number of amides is 1. The summed E-state index contributed by atoms with van der Waals surface area (Å²) >= 11 is 3.39. The molecular weight excluding hydrogens is 492 g/mol. The van der Waals surface area contributed by atoms with Gasteiger partial charge in [0.25, 0.3) is 15.9 Å². The van der Waals surface area contributed by atoms with Gasteiger partial charge in [-0.15, -0.1) is 0 Å². The zero-order chi connectivity index (χ0) is 23.1. The van der Waals surface area contributed by atoms with Crippen LogP contribution in [0.3, 0.4) is 0 Å². The van der Waals surface area contributed by atoms with E-state index in [2.05, 4.69) is 21.2 Å². The average molecular weight is 517 g/mol. The third kappa shape index (κ3) is 5.89. The molecule has 0 saturated carbocycles. The molecule has 0 unspecified atom stereocenters. The summed E-state index contributed by atoms with van der Waals surface area (Å²) in [4.78, 5) is 12.5. The molecule has 0 heterocycles. The van der Waals surface area contributed by atoms with Crippen LogP contribution in [0.25, 0.3) is 0 Å². The first-order valence-corrected chi connectivity index (χ1v) is 12.4. The molecule has 0 aliphatic rings. The molecule has 3 aromatic carbocycles. The lowest BCUT2D eigenvalue weighted by Gasteiger charge is -2.23. The van der Waals surface area contributed by atoms with Crippen molar-refractivity contribution in [1.82, 2.24) is 5.32 Å². The fourth-order valence-corrected chi connectivity index (χ4v) is 4.95. The molecule has 1 atom stereocenters. The Morgan fingerprint density at radius 1 is 1.00 bits per heavy atom. The number of halogens is 1. The SMILES string of the molecule is CCN(c1ccc(OCC(=O)N[C@H](C)c2ccc(Br)cc2)cc1)S(=O)(=O)c1ccccc1. The number of anilines is 1. The van der Waals surface area contributed by atoms with Crippen LogP contribution in [0.5, 0.6) is 5.75 Å². The molecule has 0 aromatic heterocycles. The Balaban J connectivity index is 1.60. The molecule has 1 N–H and O–H groups in total. The van der Waals surface area contributed by atoms with Gasteiger partial charge in [-0.05, 0) is 67.9 Å². The summed E-state index contributed by atoms with van der Waals surface area (Å²) in [5.74, 6) is 0.236. The van der Waals surface area contributed by atoms with E-state index in [9.17, 15) is 13.2 Å². The van der Waals surface area contributed by atoms with Crippen LogP contribution >= 0.6 is 15.9 Å². The number of nitrogens with zero attached hydrogens (tertiary/aromatic N) is 1. The number of nitrogens with one attached hydrogen (secondary N) is 1. The van der Waals surface area contributed by atoms with E-state index >= 15 is 0 Å². The minimum Gasteiger partial charge on any atom is -0.484 e. The standard InChI is InChI=1S/C24H25BrN2O4S/c1-3-27(32(29,30)23-7-5-4-6-8-23)21-13-15-22(16-14-21)31-17-24(28)26-18(2)19-9-11-20(25)12-10-19/h4-16,18H,3,17H2,1-2H3,(H,26,28)/t18-/m1/s1. The van der Waals surface area contributed by atoms with Crippen molar-refractivity contribution >= 4 is 37.5 Å². The molecule has 0 aliphatic carbocycles. The van der Waals surface area contributed by atoms with Crippen LogP contribution in [-0.4, -0.2) is 27.5 Å². The lowest BCUT2D eigenvalue weighted by atomic mass is 10.1. The van der Waals surface area contributed by atoms with E-state index in [4.69, 9.17) is 4.74 Å². The third-order valence-electron chi connectivity index (χ3n) is 4.86. The van der Waals surface area contributed by atoms with Crippen molar-refractivity contribution in [3.63, 3.8) is 0 Å². The highest BCUT2D eigenvalue weighted by atomic mass is 79.9. The minimum atomic E-state index is -3.66. The van der Waals surface area contributed by atoms with Gasteiger partial charge in [0.1, 0.15) is 5.75 Å². The second kappa shape index (κ2) is 10.7. The number of hydrogen-bond acceptors (Lipinski definition) is 4. The zero-order valence-electron chi connectivity index (χ0n) is 17.9. The van der Waals surface area contributed by atoms with Crippen molar-refractivity contribution in [3.05, 3.63) is 88.9 Å². The molecule has 0 radical (unpaired) electrons. The van der Waals surface area contributed by atoms with Crippen LogP contribution in [0.1, 0.15) is 25.5 Å². The van der Waals surface area contributed by atoms with Gasteiger partial charge in [-0.2, -0.15) is 0 Å². The number of sulfonamides is 1. The van der Waals surface area contributed by atoms with E-state index < -0.39 is 10.0 Å². The number of carbonyl (C=O) groups excluding carboxylic acids is 1. The molecule has 168 valence electrons. The Bertz CT molecular complexity index is 1130. The Labute approximate surface area is 197 Å². The summed E-state index contributed by atoms with van der Waals surface area (Å²) in [7, 11) is -3.66. The van der Waals surface area contributed by atoms with E-state index in [1.807, 2.05) is 31.2 Å². The molecule has 0 saturated heterocycles. The lowest BCUT2D eigenvalue weighted by molar-refractivity contribution is -0.123. The molecule has 0 aliphatic heterocycles. The highest BCUT2D eigenvalue weighted by Crippen LogP contribution is 2.25. The second-order valence-corrected chi connectivity index (χ2v) is 9.88.